The zero-order valence-corrected chi connectivity index (χ0v) is 13.8. The number of likely N-dealkylation sites (N-methyl/N-ethyl adjacent to an activating group) is 1. The summed E-state index contributed by atoms with van der Waals surface area (Å²) >= 11 is 0. The van der Waals surface area contributed by atoms with E-state index < -0.39 is 18.6 Å². The van der Waals surface area contributed by atoms with Gasteiger partial charge in [-0.05, 0) is 19.8 Å². The van der Waals surface area contributed by atoms with E-state index in [-0.39, 0.29) is 12.6 Å². The van der Waals surface area contributed by atoms with Crippen LogP contribution in [0.1, 0.15) is 19.8 Å². The van der Waals surface area contributed by atoms with E-state index in [1.54, 1.807) is 0 Å². The molecule has 5 nitrogen and oxygen atoms in total. The smallest absolute Gasteiger partial charge is 0.376 e. The van der Waals surface area contributed by atoms with Crippen LogP contribution in [-0.2, 0) is 9.53 Å². The number of hydrogen-bond donors (Lipinski definition) is 0. The van der Waals surface area contributed by atoms with Crippen molar-refractivity contribution in [2.24, 2.45) is 0 Å². The van der Waals surface area contributed by atoms with Gasteiger partial charge in [0.15, 0.2) is 0 Å². The first-order chi connectivity index (χ1) is 10.7. The highest BCUT2D eigenvalue weighted by Gasteiger charge is 2.32. The van der Waals surface area contributed by atoms with Crippen LogP contribution in [0.5, 0.6) is 0 Å². The van der Waals surface area contributed by atoms with Gasteiger partial charge in [-0.3, -0.25) is 14.6 Å². The van der Waals surface area contributed by atoms with Crippen LogP contribution in [0.4, 0.5) is 13.2 Å². The molecule has 8 heteroatoms. The Hall–Kier alpha value is -0.860. The van der Waals surface area contributed by atoms with Crippen molar-refractivity contribution < 1.29 is 22.7 Å². The molecule has 0 aromatic carbocycles. The Morgan fingerprint density at radius 1 is 1.26 bits per heavy atom. The summed E-state index contributed by atoms with van der Waals surface area (Å²) in [5, 5.41) is 0. The van der Waals surface area contributed by atoms with E-state index in [1.807, 2.05) is 4.90 Å². The second-order valence-electron chi connectivity index (χ2n) is 6.55. The number of carbonyl (C=O) groups excluding carboxylic acids is 1. The molecule has 0 aromatic rings. The fourth-order valence-electron chi connectivity index (χ4n) is 3.29. The van der Waals surface area contributed by atoms with Gasteiger partial charge in [-0.1, -0.05) is 0 Å². The standard InChI is InChI=1S/C15H26F3N3O2/c1-12-9-21(7-8-23-12)13-3-5-20(6-4-13)10-14(22)19(2)11-15(16,17)18/h12-13H,3-11H2,1-2H3. The van der Waals surface area contributed by atoms with Crippen LogP contribution in [-0.4, -0.2) is 91.9 Å². The Morgan fingerprint density at radius 3 is 2.48 bits per heavy atom. The highest BCUT2D eigenvalue weighted by atomic mass is 19.4. The fourth-order valence-corrected chi connectivity index (χ4v) is 3.29. The third-order valence-corrected chi connectivity index (χ3v) is 4.55. The summed E-state index contributed by atoms with van der Waals surface area (Å²) in [6.07, 6.45) is -2.20. The Balaban J connectivity index is 1.73. The van der Waals surface area contributed by atoms with E-state index in [2.05, 4.69) is 11.8 Å². The van der Waals surface area contributed by atoms with E-state index in [9.17, 15) is 18.0 Å². The van der Waals surface area contributed by atoms with E-state index >= 15 is 0 Å². The molecule has 0 aliphatic carbocycles. The Bertz CT molecular complexity index is 398. The lowest BCUT2D eigenvalue weighted by atomic mass is 10.0. The lowest BCUT2D eigenvalue weighted by molar-refractivity contribution is -0.159. The molecule has 0 radical (unpaired) electrons. The van der Waals surface area contributed by atoms with Gasteiger partial charge in [-0.2, -0.15) is 13.2 Å². The van der Waals surface area contributed by atoms with Crippen molar-refractivity contribution in [1.82, 2.24) is 14.7 Å². The average Bonchev–Trinajstić information content (AvgIpc) is 2.46. The maximum absolute atomic E-state index is 12.3. The molecule has 2 heterocycles. The second kappa shape index (κ2) is 7.81. The molecule has 0 saturated carbocycles. The molecule has 0 aromatic heterocycles. The van der Waals surface area contributed by atoms with Crippen LogP contribution in [0, 0.1) is 0 Å². The van der Waals surface area contributed by atoms with E-state index in [1.165, 1.54) is 7.05 Å². The molecule has 2 rings (SSSR count). The number of alkyl halides is 3. The van der Waals surface area contributed by atoms with Gasteiger partial charge in [0.25, 0.3) is 0 Å². The zero-order chi connectivity index (χ0) is 17.0. The number of morpholine rings is 1. The van der Waals surface area contributed by atoms with Crippen LogP contribution >= 0.6 is 0 Å². The quantitative estimate of drug-likeness (QED) is 0.772. The maximum Gasteiger partial charge on any atom is 0.406 e. The molecule has 23 heavy (non-hydrogen) atoms. The number of carbonyl (C=O) groups is 1. The third-order valence-electron chi connectivity index (χ3n) is 4.55. The zero-order valence-electron chi connectivity index (χ0n) is 13.8. The fraction of sp³-hybridized carbons (Fsp3) is 0.933. The maximum atomic E-state index is 12.3. The van der Waals surface area contributed by atoms with Gasteiger partial charge in [0.1, 0.15) is 6.54 Å². The number of rotatable bonds is 4. The Kier molecular flexibility index (Phi) is 6.27. The van der Waals surface area contributed by atoms with Crippen molar-refractivity contribution >= 4 is 5.91 Å². The third kappa shape index (κ3) is 5.93. The monoisotopic (exact) mass is 337 g/mol. The number of piperidine rings is 1. The number of nitrogens with zero attached hydrogens (tertiary/aromatic N) is 3. The van der Waals surface area contributed by atoms with Crippen molar-refractivity contribution in [2.45, 2.75) is 38.1 Å². The molecule has 1 atom stereocenters. The molecule has 134 valence electrons. The van der Waals surface area contributed by atoms with E-state index in [0.717, 1.165) is 50.5 Å². The van der Waals surface area contributed by atoms with Crippen LogP contribution in [0.25, 0.3) is 0 Å². The number of halogens is 3. The normalized spacial score (nSPS) is 25.5. The molecule has 2 saturated heterocycles. The number of likely N-dealkylation sites (tertiary alicyclic amines) is 1. The van der Waals surface area contributed by atoms with E-state index in [0.29, 0.717) is 6.04 Å². The molecule has 2 aliphatic rings. The summed E-state index contributed by atoms with van der Waals surface area (Å²) < 4.78 is 42.5. The van der Waals surface area contributed by atoms with Gasteiger partial charge in [0.2, 0.25) is 5.91 Å². The Morgan fingerprint density at radius 2 is 1.91 bits per heavy atom. The molecule has 1 unspecified atom stereocenters. The predicted molar refractivity (Wildman–Crippen MR) is 80.1 cm³/mol. The first-order valence-corrected chi connectivity index (χ1v) is 8.13. The first-order valence-electron chi connectivity index (χ1n) is 8.13. The van der Waals surface area contributed by atoms with Crippen molar-refractivity contribution in [3.8, 4) is 0 Å². The molecular weight excluding hydrogens is 311 g/mol. The van der Waals surface area contributed by atoms with Crippen LogP contribution in [0.3, 0.4) is 0 Å². The van der Waals surface area contributed by atoms with Gasteiger partial charge in [-0.15, -0.1) is 0 Å². The van der Waals surface area contributed by atoms with Gasteiger partial charge in [0, 0.05) is 39.3 Å². The topological polar surface area (TPSA) is 36.0 Å². The van der Waals surface area contributed by atoms with Crippen molar-refractivity contribution in [3.05, 3.63) is 0 Å². The summed E-state index contributed by atoms with van der Waals surface area (Å²) in [5.74, 6) is -0.472. The molecular formula is C15H26F3N3O2. The molecule has 0 N–H and O–H groups in total. The van der Waals surface area contributed by atoms with Gasteiger partial charge in [-0.25, -0.2) is 0 Å². The molecule has 0 spiro atoms. The largest absolute Gasteiger partial charge is 0.406 e. The summed E-state index contributed by atoms with van der Waals surface area (Å²) in [6.45, 7) is 5.06. The van der Waals surface area contributed by atoms with Gasteiger partial charge >= 0.3 is 6.18 Å². The van der Waals surface area contributed by atoms with Crippen LogP contribution in [0.15, 0.2) is 0 Å². The summed E-state index contributed by atoms with van der Waals surface area (Å²) in [7, 11) is 1.21. The molecule has 1 amide bonds. The lowest BCUT2D eigenvalue weighted by Crippen LogP contribution is -2.52. The minimum atomic E-state index is -4.34. The summed E-state index contributed by atoms with van der Waals surface area (Å²) in [4.78, 5) is 17.0. The highest BCUT2D eigenvalue weighted by Crippen LogP contribution is 2.20. The van der Waals surface area contributed by atoms with Crippen molar-refractivity contribution in [3.63, 3.8) is 0 Å². The minimum Gasteiger partial charge on any atom is -0.376 e. The molecule has 2 fully saturated rings. The average molecular weight is 337 g/mol. The van der Waals surface area contributed by atoms with Crippen LogP contribution in [0.2, 0.25) is 0 Å². The number of hydrogen-bond acceptors (Lipinski definition) is 4. The van der Waals surface area contributed by atoms with Crippen LogP contribution < -0.4 is 0 Å². The summed E-state index contributed by atoms with van der Waals surface area (Å²) in [6, 6.07) is 0.487. The predicted octanol–water partition coefficient (Wildman–Crippen LogP) is 1.19. The van der Waals surface area contributed by atoms with Gasteiger partial charge in [0.05, 0.1) is 19.3 Å². The minimum absolute atomic E-state index is 0.0683. The Labute approximate surface area is 135 Å². The van der Waals surface area contributed by atoms with E-state index in [4.69, 9.17) is 4.74 Å². The highest BCUT2D eigenvalue weighted by molar-refractivity contribution is 5.78. The second-order valence-corrected chi connectivity index (χ2v) is 6.55. The number of ether oxygens (including phenoxy) is 1. The number of amides is 1. The van der Waals surface area contributed by atoms with Crippen molar-refractivity contribution in [2.75, 3.05) is 52.9 Å². The molecule has 2 aliphatic heterocycles. The molecule has 0 bridgehead atoms. The van der Waals surface area contributed by atoms with Crippen molar-refractivity contribution in [1.29, 1.82) is 0 Å². The summed E-state index contributed by atoms with van der Waals surface area (Å²) in [5.41, 5.74) is 0. The SMILES string of the molecule is CC1CN(C2CCN(CC(=O)N(C)CC(F)(F)F)CC2)CCO1. The lowest BCUT2D eigenvalue weighted by Gasteiger charge is -2.41. The first kappa shape index (κ1) is 18.5. The van der Waals surface area contributed by atoms with Gasteiger partial charge < -0.3 is 9.64 Å².